The second-order valence-corrected chi connectivity index (χ2v) is 5.29. The molecule has 13 heavy (non-hydrogen) atoms. The third-order valence-corrected chi connectivity index (χ3v) is 4.16. The molecule has 1 aliphatic carbocycles. The molecule has 0 saturated heterocycles. The first-order valence-electron chi connectivity index (χ1n) is 5.68. The monoisotopic (exact) mass is 201 g/mol. The molecule has 0 aromatic carbocycles. The van der Waals surface area contributed by atoms with Gasteiger partial charge in [0.05, 0.1) is 0 Å². The summed E-state index contributed by atoms with van der Waals surface area (Å²) in [5.41, 5.74) is 6.14. The van der Waals surface area contributed by atoms with Gasteiger partial charge in [-0.15, -0.1) is 0 Å². The van der Waals surface area contributed by atoms with E-state index < -0.39 is 0 Å². The zero-order valence-electron chi connectivity index (χ0n) is 8.80. The van der Waals surface area contributed by atoms with Crippen LogP contribution >= 0.6 is 11.8 Å². The lowest BCUT2D eigenvalue weighted by atomic mass is 10.0. The molecule has 1 saturated carbocycles. The molecule has 1 aliphatic rings. The topological polar surface area (TPSA) is 26.0 Å². The SMILES string of the molecule is CCCCSCC(N)C1CCCC1. The van der Waals surface area contributed by atoms with Gasteiger partial charge in [0.25, 0.3) is 0 Å². The molecular weight excluding hydrogens is 178 g/mol. The summed E-state index contributed by atoms with van der Waals surface area (Å²) in [6, 6.07) is 0.476. The summed E-state index contributed by atoms with van der Waals surface area (Å²) in [5.74, 6) is 3.33. The van der Waals surface area contributed by atoms with E-state index in [1.54, 1.807) is 0 Å². The first-order chi connectivity index (χ1) is 6.34. The molecule has 78 valence electrons. The molecule has 0 spiro atoms. The highest BCUT2D eigenvalue weighted by molar-refractivity contribution is 7.99. The van der Waals surface area contributed by atoms with Crippen molar-refractivity contribution in [1.29, 1.82) is 0 Å². The Balaban J connectivity index is 1.99. The summed E-state index contributed by atoms with van der Waals surface area (Å²) >= 11 is 2.05. The fourth-order valence-corrected chi connectivity index (χ4v) is 3.19. The Morgan fingerprint density at radius 1 is 1.38 bits per heavy atom. The molecule has 1 atom stereocenters. The van der Waals surface area contributed by atoms with Crippen LogP contribution in [0.25, 0.3) is 0 Å². The molecule has 2 N–H and O–H groups in total. The predicted octanol–water partition coefficient (Wildman–Crippen LogP) is 3.04. The van der Waals surface area contributed by atoms with Crippen molar-refractivity contribution < 1.29 is 0 Å². The molecule has 1 unspecified atom stereocenters. The maximum atomic E-state index is 6.14. The summed E-state index contributed by atoms with van der Waals surface area (Å²) in [7, 11) is 0. The van der Waals surface area contributed by atoms with Crippen LogP contribution in [0.5, 0.6) is 0 Å². The van der Waals surface area contributed by atoms with Crippen LogP contribution in [0.4, 0.5) is 0 Å². The van der Waals surface area contributed by atoms with Crippen LogP contribution in [0.3, 0.4) is 0 Å². The highest BCUT2D eigenvalue weighted by Crippen LogP contribution is 2.28. The van der Waals surface area contributed by atoms with Gasteiger partial charge >= 0.3 is 0 Å². The van der Waals surface area contributed by atoms with Crippen molar-refractivity contribution in [3.05, 3.63) is 0 Å². The quantitative estimate of drug-likeness (QED) is 0.668. The molecule has 0 aliphatic heterocycles. The van der Waals surface area contributed by atoms with Crippen LogP contribution in [0.1, 0.15) is 45.4 Å². The molecule has 1 fully saturated rings. The molecule has 1 rings (SSSR count). The minimum Gasteiger partial charge on any atom is -0.327 e. The van der Waals surface area contributed by atoms with Crippen LogP contribution in [0, 0.1) is 5.92 Å². The largest absolute Gasteiger partial charge is 0.327 e. The highest BCUT2D eigenvalue weighted by Gasteiger charge is 2.21. The van der Waals surface area contributed by atoms with Crippen molar-refractivity contribution in [2.24, 2.45) is 11.7 Å². The van der Waals surface area contributed by atoms with Crippen LogP contribution in [0.2, 0.25) is 0 Å². The van der Waals surface area contributed by atoms with Gasteiger partial charge in [-0.3, -0.25) is 0 Å². The number of hydrogen-bond donors (Lipinski definition) is 1. The van der Waals surface area contributed by atoms with Crippen LogP contribution in [0.15, 0.2) is 0 Å². The smallest absolute Gasteiger partial charge is 0.0158 e. The molecule has 0 aromatic rings. The van der Waals surface area contributed by atoms with Gasteiger partial charge in [0.1, 0.15) is 0 Å². The van der Waals surface area contributed by atoms with Gasteiger partial charge in [-0.05, 0) is 30.9 Å². The van der Waals surface area contributed by atoms with Gasteiger partial charge in [0.2, 0.25) is 0 Å². The van der Waals surface area contributed by atoms with E-state index in [0.29, 0.717) is 6.04 Å². The van der Waals surface area contributed by atoms with Crippen molar-refractivity contribution in [3.8, 4) is 0 Å². The number of rotatable bonds is 6. The van der Waals surface area contributed by atoms with E-state index in [2.05, 4.69) is 6.92 Å². The third-order valence-electron chi connectivity index (χ3n) is 2.96. The van der Waals surface area contributed by atoms with E-state index in [9.17, 15) is 0 Å². The fraction of sp³-hybridized carbons (Fsp3) is 1.00. The Labute approximate surface area is 86.8 Å². The van der Waals surface area contributed by atoms with Crippen LogP contribution in [-0.4, -0.2) is 17.5 Å². The number of thioether (sulfide) groups is 1. The zero-order valence-corrected chi connectivity index (χ0v) is 9.61. The third kappa shape index (κ3) is 4.37. The highest BCUT2D eigenvalue weighted by atomic mass is 32.2. The second-order valence-electron chi connectivity index (χ2n) is 4.14. The van der Waals surface area contributed by atoms with Crippen molar-refractivity contribution >= 4 is 11.8 Å². The summed E-state index contributed by atoms with van der Waals surface area (Å²) in [6.45, 7) is 2.25. The van der Waals surface area contributed by atoms with E-state index >= 15 is 0 Å². The Bertz CT molecular complexity index is 121. The van der Waals surface area contributed by atoms with Gasteiger partial charge in [0, 0.05) is 11.8 Å². The maximum absolute atomic E-state index is 6.14. The molecule has 0 aromatic heterocycles. The molecule has 0 heterocycles. The Hall–Kier alpha value is 0.310. The first kappa shape index (κ1) is 11.4. The summed E-state index contributed by atoms with van der Waals surface area (Å²) < 4.78 is 0. The van der Waals surface area contributed by atoms with Gasteiger partial charge in [-0.1, -0.05) is 26.2 Å². The predicted molar refractivity (Wildman–Crippen MR) is 62.2 cm³/mol. The lowest BCUT2D eigenvalue weighted by molar-refractivity contribution is 0.463. The zero-order chi connectivity index (χ0) is 9.52. The van der Waals surface area contributed by atoms with E-state index in [1.807, 2.05) is 11.8 Å². The Kier molecular flexibility index (Phi) is 5.88. The van der Waals surface area contributed by atoms with Crippen molar-refractivity contribution in [2.75, 3.05) is 11.5 Å². The van der Waals surface area contributed by atoms with Crippen molar-refractivity contribution in [1.82, 2.24) is 0 Å². The lowest BCUT2D eigenvalue weighted by Crippen LogP contribution is -2.30. The standard InChI is InChI=1S/C11H23NS/c1-2-3-8-13-9-11(12)10-6-4-5-7-10/h10-11H,2-9,12H2,1H3. The van der Waals surface area contributed by atoms with Crippen LogP contribution in [-0.2, 0) is 0 Å². The summed E-state index contributed by atoms with van der Waals surface area (Å²) in [5, 5.41) is 0. The first-order valence-corrected chi connectivity index (χ1v) is 6.83. The molecular formula is C11H23NS. The van der Waals surface area contributed by atoms with E-state index in [4.69, 9.17) is 5.73 Å². The van der Waals surface area contributed by atoms with Gasteiger partial charge in [-0.25, -0.2) is 0 Å². The number of nitrogens with two attached hydrogens (primary N) is 1. The average molecular weight is 201 g/mol. The lowest BCUT2D eigenvalue weighted by Gasteiger charge is -2.17. The van der Waals surface area contributed by atoms with Gasteiger partial charge in [-0.2, -0.15) is 11.8 Å². The molecule has 0 radical (unpaired) electrons. The molecule has 0 bridgehead atoms. The van der Waals surface area contributed by atoms with Crippen LogP contribution < -0.4 is 5.73 Å². The van der Waals surface area contributed by atoms with Crippen molar-refractivity contribution in [3.63, 3.8) is 0 Å². The number of hydrogen-bond acceptors (Lipinski definition) is 2. The number of unbranched alkanes of at least 4 members (excludes halogenated alkanes) is 1. The molecule has 2 heteroatoms. The van der Waals surface area contributed by atoms with E-state index in [0.717, 1.165) is 5.92 Å². The Morgan fingerprint density at radius 2 is 2.08 bits per heavy atom. The minimum atomic E-state index is 0.476. The molecule has 0 amide bonds. The minimum absolute atomic E-state index is 0.476. The molecule has 1 nitrogen and oxygen atoms in total. The Morgan fingerprint density at radius 3 is 2.69 bits per heavy atom. The normalized spacial score (nSPS) is 20.8. The summed E-state index contributed by atoms with van der Waals surface area (Å²) in [6.07, 6.45) is 8.26. The van der Waals surface area contributed by atoms with E-state index in [1.165, 1.54) is 50.0 Å². The second kappa shape index (κ2) is 6.72. The van der Waals surface area contributed by atoms with Gasteiger partial charge < -0.3 is 5.73 Å². The van der Waals surface area contributed by atoms with Crippen molar-refractivity contribution in [2.45, 2.75) is 51.5 Å². The van der Waals surface area contributed by atoms with E-state index in [-0.39, 0.29) is 0 Å². The summed E-state index contributed by atoms with van der Waals surface area (Å²) in [4.78, 5) is 0. The van der Waals surface area contributed by atoms with Gasteiger partial charge in [0.15, 0.2) is 0 Å². The fourth-order valence-electron chi connectivity index (χ4n) is 1.99. The average Bonchev–Trinajstić information content (AvgIpc) is 2.65. The maximum Gasteiger partial charge on any atom is 0.0158 e.